The largest absolute Gasteiger partial charge is 0.489 e. The maximum atomic E-state index is 12.1. The van der Waals surface area contributed by atoms with E-state index in [0.29, 0.717) is 17.9 Å². The second-order valence-corrected chi connectivity index (χ2v) is 7.48. The van der Waals surface area contributed by atoms with Crippen molar-refractivity contribution in [1.82, 2.24) is 10.5 Å². The van der Waals surface area contributed by atoms with Crippen LogP contribution in [-0.2, 0) is 16.1 Å². The van der Waals surface area contributed by atoms with Gasteiger partial charge in [-0.25, -0.2) is 4.79 Å². The summed E-state index contributed by atoms with van der Waals surface area (Å²) in [6.07, 6.45) is 0. The maximum Gasteiger partial charge on any atom is 0.338 e. The number of benzene rings is 1. The van der Waals surface area contributed by atoms with Gasteiger partial charge in [0.2, 0.25) is 0 Å². The first-order chi connectivity index (χ1) is 13.9. The van der Waals surface area contributed by atoms with Crippen LogP contribution >= 0.6 is 11.3 Å². The Bertz CT molecular complexity index is 944. The molecule has 0 radical (unpaired) electrons. The molecule has 8 heteroatoms. The van der Waals surface area contributed by atoms with E-state index >= 15 is 0 Å². The lowest BCUT2D eigenvalue weighted by molar-refractivity contribution is -0.124. The first-order valence-electron chi connectivity index (χ1n) is 9.08. The molecule has 0 fully saturated rings. The molecule has 0 aliphatic carbocycles. The highest BCUT2D eigenvalue weighted by atomic mass is 32.1. The van der Waals surface area contributed by atoms with Gasteiger partial charge < -0.3 is 19.3 Å². The zero-order valence-corrected chi connectivity index (χ0v) is 17.2. The van der Waals surface area contributed by atoms with E-state index in [1.54, 1.807) is 35.6 Å². The van der Waals surface area contributed by atoms with Gasteiger partial charge in [0.1, 0.15) is 18.1 Å². The number of nitrogens with zero attached hydrogens (tertiary/aromatic N) is 1. The highest BCUT2D eigenvalue weighted by molar-refractivity contribution is 7.10. The average Bonchev–Trinajstić information content (AvgIpc) is 3.36. The molecule has 1 atom stereocenters. The number of aromatic nitrogens is 1. The molecule has 3 rings (SSSR count). The van der Waals surface area contributed by atoms with Crippen molar-refractivity contribution in [3.63, 3.8) is 0 Å². The number of hydrogen-bond acceptors (Lipinski definition) is 7. The van der Waals surface area contributed by atoms with Gasteiger partial charge >= 0.3 is 5.97 Å². The third-order valence-electron chi connectivity index (χ3n) is 4.34. The van der Waals surface area contributed by atoms with E-state index in [-0.39, 0.29) is 18.6 Å². The summed E-state index contributed by atoms with van der Waals surface area (Å²) >= 11 is 1.56. The van der Waals surface area contributed by atoms with Gasteiger partial charge in [0.15, 0.2) is 6.61 Å². The molecule has 0 aliphatic heterocycles. The summed E-state index contributed by atoms with van der Waals surface area (Å²) in [5.41, 5.74) is 2.03. The number of nitrogens with one attached hydrogen (secondary N) is 1. The number of ether oxygens (including phenoxy) is 2. The number of carbonyl (C=O) groups is 2. The van der Waals surface area contributed by atoms with Crippen LogP contribution in [0.1, 0.15) is 45.2 Å². The molecule has 0 aliphatic rings. The molecule has 0 bridgehead atoms. The molecule has 3 aromatic rings. The minimum atomic E-state index is -0.568. The third-order valence-corrected chi connectivity index (χ3v) is 5.39. The number of esters is 1. The summed E-state index contributed by atoms with van der Waals surface area (Å²) in [5.74, 6) is 0.401. The van der Waals surface area contributed by atoms with Crippen LogP contribution in [0.15, 0.2) is 46.3 Å². The SMILES string of the molecule is Cc1noc(C)c1COc1ccc(C(=O)OCC(=O)N[C@H](C)c2cccs2)cc1. The maximum absolute atomic E-state index is 12.1. The van der Waals surface area contributed by atoms with Crippen molar-refractivity contribution in [3.8, 4) is 5.75 Å². The minimum Gasteiger partial charge on any atom is -0.489 e. The summed E-state index contributed by atoms with van der Waals surface area (Å²) < 4.78 is 15.9. The average molecular weight is 414 g/mol. The minimum absolute atomic E-state index is 0.129. The standard InChI is InChI=1S/C21H22N2O5S/c1-13-18(15(3)28-23-13)11-26-17-8-6-16(7-9-17)21(25)27-12-20(24)22-14(2)19-5-4-10-29-19/h4-10,14H,11-12H2,1-3H3,(H,22,24)/t14-/m1/s1. The fraction of sp³-hybridized carbons (Fsp3) is 0.286. The number of hydrogen-bond donors (Lipinski definition) is 1. The van der Waals surface area contributed by atoms with Crippen molar-refractivity contribution in [3.05, 3.63) is 69.2 Å². The normalized spacial score (nSPS) is 11.7. The Morgan fingerprint density at radius 1 is 1.21 bits per heavy atom. The second kappa shape index (κ2) is 9.38. The molecule has 0 saturated heterocycles. The van der Waals surface area contributed by atoms with Crippen LogP contribution in [-0.4, -0.2) is 23.6 Å². The van der Waals surface area contributed by atoms with Gasteiger partial charge in [-0.3, -0.25) is 4.79 Å². The summed E-state index contributed by atoms with van der Waals surface area (Å²) in [4.78, 5) is 25.2. The predicted octanol–water partition coefficient (Wildman–Crippen LogP) is 3.97. The Morgan fingerprint density at radius 2 is 1.97 bits per heavy atom. The summed E-state index contributed by atoms with van der Waals surface area (Å²) in [7, 11) is 0. The predicted molar refractivity (Wildman–Crippen MR) is 108 cm³/mol. The molecule has 1 aromatic carbocycles. The van der Waals surface area contributed by atoms with E-state index in [1.807, 2.05) is 38.3 Å². The Kier molecular flexibility index (Phi) is 6.66. The highest BCUT2D eigenvalue weighted by Crippen LogP contribution is 2.19. The number of aryl methyl sites for hydroxylation is 2. The zero-order chi connectivity index (χ0) is 20.8. The topological polar surface area (TPSA) is 90.7 Å². The Balaban J connectivity index is 1.46. The van der Waals surface area contributed by atoms with E-state index in [0.717, 1.165) is 21.9 Å². The molecule has 0 spiro atoms. The highest BCUT2D eigenvalue weighted by Gasteiger charge is 2.14. The van der Waals surface area contributed by atoms with Gasteiger partial charge in [-0.15, -0.1) is 11.3 Å². The number of amides is 1. The smallest absolute Gasteiger partial charge is 0.338 e. The molecule has 1 amide bonds. The van der Waals surface area contributed by atoms with E-state index in [9.17, 15) is 9.59 Å². The van der Waals surface area contributed by atoms with Crippen molar-refractivity contribution in [2.24, 2.45) is 0 Å². The lowest BCUT2D eigenvalue weighted by Crippen LogP contribution is -2.30. The summed E-state index contributed by atoms with van der Waals surface area (Å²) in [5, 5.41) is 8.63. The first kappa shape index (κ1) is 20.6. The Labute approximate surface area is 172 Å². The molecule has 0 unspecified atom stereocenters. The van der Waals surface area contributed by atoms with Gasteiger partial charge in [-0.05, 0) is 56.5 Å². The van der Waals surface area contributed by atoms with Crippen molar-refractivity contribution in [2.45, 2.75) is 33.4 Å². The van der Waals surface area contributed by atoms with Crippen LogP contribution in [0.5, 0.6) is 5.75 Å². The van der Waals surface area contributed by atoms with Crippen molar-refractivity contribution in [2.75, 3.05) is 6.61 Å². The Morgan fingerprint density at radius 3 is 2.59 bits per heavy atom. The molecule has 152 valence electrons. The molecule has 0 saturated carbocycles. The lowest BCUT2D eigenvalue weighted by Gasteiger charge is -2.12. The Hall–Kier alpha value is -3.13. The van der Waals surface area contributed by atoms with Gasteiger partial charge in [0.05, 0.1) is 22.9 Å². The molecule has 29 heavy (non-hydrogen) atoms. The number of carbonyl (C=O) groups excluding carboxylic acids is 2. The molecule has 7 nitrogen and oxygen atoms in total. The van der Waals surface area contributed by atoms with Crippen LogP contribution in [0.4, 0.5) is 0 Å². The van der Waals surface area contributed by atoms with E-state index in [1.165, 1.54) is 0 Å². The fourth-order valence-electron chi connectivity index (χ4n) is 2.66. The number of rotatable bonds is 8. The van der Waals surface area contributed by atoms with E-state index in [4.69, 9.17) is 14.0 Å². The fourth-order valence-corrected chi connectivity index (χ4v) is 3.39. The van der Waals surface area contributed by atoms with Crippen LogP contribution in [0, 0.1) is 13.8 Å². The zero-order valence-electron chi connectivity index (χ0n) is 16.4. The molecular weight excluding hydrogens is 392 g/mol. The molecule has 1 N–H and O–H groups in total. The van der Waals surface area contributed by atoms with Gasteiger partial charge in [-0.2, -0.15) is 0 Å². The van der Waals surface area contributed by atoms with E-state index < -0.39 is 5.97 Å². The molecular formula is C21H22N2O5S. The summed E-state index contributed by atoms with van der Waals surface area (Å²) in [6.45, 7) is 5.56. The lowest BCUT2D eigenvalue weighted by atomic mass is 10.2. The molecule has 2 heterocycles. The number of thiophene rings is 1. The van der Waals surface area contributed by atoms with Gasteiger partial charge in [0.25, 0.3) is 5.91 Å². The van der Waals surface area contributed by atoms with Crippen molar-refractivity contribution in [1.29, 1.82) is 0 Å². The third kappa shape index (κ3) is 5.45. The first-order valence-corrected chi connectivity index (χ1v) is 9.96. The quantitative estimate of drug-likeness (QED) is 0.561. The molecule has 2 aromatic heterocycles. The van der Waals surface area contributed by atoms with Crippen LogP contribution in [0.25, 0.3) is 0 Å². The van der Waals surface area contributed by atoms with E-state index in [2.05, 4.69) is 10.5 Å². The van der Waals surface area contributed by atoms with Crippen LogP contribution in [0.3, 0.4) is 0 Å². The van der Waals surface area contributed by atoms with Gasteiger partial charge in [-0.1, -0.05) is 11.2 Å². The van der Waals surface area contributed by atoms with Crippen LogP contribution < -0.4 is 10.1 Å². The van der Waals surface area contributed by atoms with Crippen LogP contribution in [0.2, 0.25) is 0 Å². The summed E-state index contributed by atoms with van der Waals surface area (Å²) in [6, 6.07) is 10.3. The van der Waals surface area contributed by atoms with Crippen molar-refractivity contribution < 1.29 is 23.6 Å². The van der Waals surface area contributed by atoms with Crippen molar-refractivity contribution >= 4 is 23.2 Å². The monoisotopic (exact) mass is 414 g/mol. The van der Waals surface area contributed by atoms with Gasteiger partial charge in [0, 0.05) is 4.88 Å². The second-order valence-electron chi connectivity index (χ2n) is 6.50.